The molecular weight excluding hydrogens is 288 g/mol. The van der Waals surface area contributed by atoms with Crippen LogP contribution in [0.25, 0.3) is 10.9 Å². The van der Waals surface area contributed by atoms with E-state index in [1.807, 2.05) is 12.3 Å². The predicted octanol–water partition coefficient (Wildman–Crippen LogP) is 3.74. The monoisotopic (exact) mass is 304 g/mol. The van der Waals surface area contributed by atoms with Gasteiger partial charge < -0.3 is 5.32 Å². The maximum atomic E-state index is 4.50. The minimum atomic E-state index is 0.889. The molecule has 2 atom stereocenters. The number of nitrogens with zero attached hydrogens (tertiary/aromatic N) is 1. The summed E-state index contributed by atoms with van der Waals surface area (Å²) < 4.78 is 1.12. The topological polar surface area (TPSA) is 24.9 Å². The molecule has 1 aromatic heterocycles. The largest absolute Gasteiger partial charge is 0.312 e. The zero-order valence-corrected chi connectivity index (χ0v) is 12.1. The van der Waals surface area contributed by atoms with Crippen molar-refractivity contribution in [2.45, 2.75) is 19.9 Å². The Hall–Kier alpha value is -0.930. The summed E-state index contributed by atoms with van der Waals surface area (Å²) in [4.78, 5) is 4.50. The highest BCUT2D eigenvalue weighted by molar-refractivity contribution is 9.10. The number of nitrogens with one attached hydrogen (secondary N) is 1. The molecule has 94 valence electrons. The molecule has 0 saturated heterocycles. The number of rotatable bonds is 4. The summed E-state index contributed by atoms with van der Waals surface area (Å²) in [7, 11) is 0. The average molecular weight is 305 g/mol. The molecule has 0 spiro atoms. The lowest BCUT2D eigenvalue weighted by Crippen LogP contribution is -2.17. The number of halogens is 1. The summed E-state index contributed by atoms with van der Waals surface area (Å²) in [5, 5.41) is 4.74. The molecule has 1 aliphatic rings. The molecule has 3 heteroatoms. The number of benzene rings is 1. The van der Waals surface area contributed by atoms with E-state index in [0.717, 1.165) is 34.9 Å². The Morgan fingerprint density at radius 2 is 2.22 bits per heavy atom. The minimum absolute atomic E-state index is 0.889. The Morgan fingerprint density at radius 3 is 3.00 bits per heavy atom. The molecule has 2 aromatic rings. The molecule has 1 aliphatic carbocycles. The van der Waals surface area contributed by atoms with Crippen LogP contribution in [0, 0.1) is 11.8 Å². The van der Waals surface area contributed by atoms with Gasteiger partial charge in [-0.25, -0.2) is 0 Å². The molecule has 0 amide bonds. The van der Waals surface area contributed by atoms with Crippen LogP contribution < -0.4 is 5.32 Å². The van der Waals surface area contributed by atoms with Crippen molar-refractivity contribution in [3.63, 3.8) is 0 Å². The first kappa shape index (κ1) is 12.1. The Morgan fingerprint density at radius 1 is 1.39 bits per heavy atom. The number of pyridine rings is 1. The van der Waals surface area contributed by atoms with Crippen molar-refractivity contribution in [3.05, 3.63) is 40.5 Å². The van der Waals surface area contributed by atoms with Crippen molar-refractivity contribution >= 4 is 26.8 Å². The van der Waals surface area contributed by atoms with Gasteiger partial charge in [0.15, 0.2) is 0 Å². The van der Waals surface area contributed by atoms with E-state index in [-0.39, 0.29) is 0 Å². The van der Waals surface area contributed by atoms with Crippen LogP contribution >= 0.6 is 15.9 Å². The third-order valence-corrected chi connectivity index (χ3v) is 4.49. The Kier molecular flexibility index (Phi) is 3.35. The molecule has 0 bridgehead atoms. The summed E-state index contributed by atoms with van der Waals surface area (Å²) >= 11 is 3.58. The summed E-state index contributed by atoms with van der Waals surface area (Å²) in [6.07, 6.45) is 3.24. The maximum absolute atomic E-state index is 4.50. The van der Waals surface area contributed by atoms with Crippen LogP contribution in [0.4, 0.5) is 0 Å². The van der Waals surface area contributed by atoms with Crippen LogP contribution in [0.3, 0.4) is 0 Å². The van der Waals surface area contributed by atoms with Gasteiger partial charge >= 0.3 is 0 Å². The Labute approximate surface area is 116 Å². The highest BCUT2D eigenvalue weighted by atomic mass is 79.9. The van der Waals surface area contributed by atoms with Gasteiger partial charge in [0.05, 0.1) is 5.52 Å². The van der Waals surface area contributed by atoms with Gasteiger partial charge in [0, 0.05) is 22.6 Å². The Balaban J connectivity index is 1.77. The second-order valence-electron chi connectivity index (χ2n) is 5.21. The summed E-state index contributed by atoms with van der Waals surface area (Å²) in [6.45, 7) is 4.36. The molecule has 1 N–H and O–H groups in total. The van der Waals surface area contributed by atoms with Crippen molar-refractivity contribution in [2.75, 3.05) is 6.54 Å². The second-order valence-corrected chi connectivity index (χ2v) is 6.06. The van der Waals surface area contributed by atoms with Gasteiger partial charge in [0.25, 0.3) is 0 Å². The highest BCUT2D eigenvalue weighted by Crippen LogP contribution is 2.36. The third kappa shape index (κ3) is 2.43. The lowest BCUT2D eigenvalue weighted by molar-refractivity contribution is 0.613. The predicted molar refractivity (Wildman–Crippen MR) is 78.4 cm³/mol. The minimum Gasteiger partial charge on any atom is -0.312 e. The lowest BCUT2D eigenvalue weighted by atomic mass is 10.1. The van der Waals surface area contributed by atoms with Gasteiger partial charge in [0.2, 0.25) is 0 Å². The van der Waals surface area contributed by atoms with Crippen molar-refractivity contribution in [2.24, 2.45) is 11.8 Å². The molecule has 1 aromatic carbocycles. The molecule has 1 heterocycles. The quantitative estimate of drug-likeness (QED) is 0.930. The van der Waals surface area contributed by atoms with Crippen LogP contribution in [0.5, 0.6) is 0 Å². The lowest BCUT2D eigenvalue weighted by Gasteiger charge is -2.08. The number of hydrogen-bond donors (Lipinski definition) is 1. The molecule has 2 nitrogen and oxygen atoms in total. The summed E-state index contributed by atoms with van der Waals surface area (Å²) in [5.41, 5.74) is 2.38. The molecular formula is C15H17BrN2. The van der Waals surface area contributed by atoms with Crippen molar-refractivity contribution in [1.29, 1.82) is 0 Å². The van der Waals surface area contributed by atoms with E-state index in [4.69, 9.17) is 0 Å². The van der Waals surface area contributed by atoms with Gasteiger partial charge in [-0.3, -0.25) is 4.98 Å². The first-order chi connectivity index (χ1) is 8.75. The fraction of sp³-hybridized carbons (Fsp3) is 0.400. The number of hydrogen-bond acceptors (Lipinski definition) is 2. The zero-order chi connectivity index (χ0) is 12.5. The molecule has 0 radical (unpaired) electrons. The van der Waals surface area contributed by atoms with Crippen molar-refractivity contribution < 1.29 is 0 Å². The molecule has 2 unspecified atom stereocenters. The van der Waals surface area contributed by atoms with Gasteiger partial charge in [0.1, 0.15) is 0 Å². The number of fused-ring (bicyclic) bond motifs is 1. The van der Waals surface area contributed by atoms with E-state index in [0.29, 0.717) is 0 Å². The smallest absolute Gasteiger partial charge is 0.0758 e. The van der Waals surface area contributed by atoms with E-state index < -0.39 is 0 Å². The molecule has 3 rings (SSSR count). The average Bonchev–Trinajstić information content (AvgIpc) is 3.09. The van der Waals surface area contributed by atoms with Crippen molar-refractivity contribution in [3.8, 4) is 0 Å². The maximum Gasteiger partial charge on any atom is 0.0758 e. The first-order valence-electron chi connectivity index (χ1n) is 6.48. The van der Waals surface area contributed by atoms with Crippen molar-refractivity contribution in [1.82, 2.24) is 10.3 Å². The van der Waals surface area contributed by atoms with E-state index in [1.54, 1.807) is 0 Å². The van der Waals surface area contributed by atoms with Crippen LogP contribution in [-0.2, 0) is 6.54 Å². The van der Waals surface area contributed by atoms with Crippen LogP contribution in [0.1, 0.15) is 18.9 Å². The zero-order valence-electron chi connectivity index (χ0n) is 10.5. The molecule has 1 saturated carbocycles. The molecule has 1 fully saturated rings. The standard InChI is InChI=1S/C15H17BrN2/c1-10-7-12(10)9-17-8-11-4-5-14(16)13-3-2-6-18-15(11)13/h2-6,10,12,17H,7-9H2,1H3. The number of aromatic nitrogens is 1. The Bertz CT molecular complexity index is 567. The SMILES string of the molecule is CC1CC1CNCc1ccc(Br)c2cccnc12. The van der Waals surface area contributed by atoms with E-state index in [2.05, 4.69) is 51.4 Å². The van der Waals surface area contributed by atoms with Gasteiger partial charge in [-0.2, -0.15) is 0 Å². The highest BCUT2D eigenvalue weighted by Gasteiger charge is 2.31. The second kappa shape index (κ2) is 4.98. The van der Waals surface area contributed by atoms with E-state index in [9.17, 15) is 0 Å². The van der Waals surface area contributed by atoms with Crippen LogP contribution in [-0.4, -0.2) is 11.5 Å². The fourth-order valence-corrected chi connectivity index (χ4v) is 2.87. The van der Waals surface area contributed by atoms with Crippen LogP contribution in [0.15, 0.2) is 34.9 Å². The molecule has 0 aliphatic heterocycles. The normalized spacial score (nSPS) is 22.3. The third-order valence-electron chi connectivity index (χ3n) is 3.80. The molecule has 18 heavy (non-hydrogen) atoms. The summed E-state index contributed by atoms with van der Waals surface area (Å²) in [6, 6.07) is 8.36. The van der Waals surface area contributed by atoms with Gasteiger partial charge in [-0.1, -0.05) is 35.0 Å². The van der Waals surface area contributed by atoms with Gasteiger partial charge in [-0.15, -0.1) is 0 Å². The van der Waals surface area contributed by atoms with Gasteiger partial charge in [-0.05, 0) is 42.5 Å². The van der Waals surface area contributed by atoms with Crippen LogP contribution in [0.2, 0.25) is 0 Å². The van der Waals surface area contributed by atoms with E-state index >= 15 is 0 Å². The van der Waals surface area contributed by atoms with E-state index in [1.165, 1.54) is 17.4 Å². The summed E-state index contributed by atoms with van der Waals surface area (Å²) in [5.74, 6) is 1.80. The first-order valence-corrected chi connectivity index (χ1v) is 7.28. The fourth-order valence-electron chi connectivity index (χ4n) is 2.41.